The summed E-state index contributed by atoms with van der Waals surface area (Å²) >= 11 is 0. The zero-order valence-corrected chi connectivity index (χ0v) is 26.6. The SMILES string of the molecule is c1ccc2c(c1)cc(-c1c3ccccc3c(-c3ccc4c(c3)oc3c5ccccc5c5ccccc5c43)c3ccccc13)c1ccccc12. The third-order valence-electron chi connectivity index (χ3n) is 10.6. The molecular formula is C48H28O. The molecule has 0 fully saturated rings. The molecule has 0 saturated carbocycles. The molecule has 0 spiro atoms. The maximum absolute atomic E-state index is 6.84. The van der Waals surface area contributed by atoms with E-state index in [1.807, 2.05) is 0 Å². The van der Waals surface area contributed by atoms with Gasteiger partial charge in [-0.2, -0.15) is 0 Å². The molecule has 0 saturated heterocycles. The van der Waals surface area contributed by atoms with Gasteiger partial charge < -0.3 is 4.42 Å². The summed E-state index contributed by atoms with van der Waals surface area (Å²) in [5.74, 6) is 0. The zero-order valence-electron chi connectivity index (χ0n) is 26.6. The smallest absolute Gasteiger partial charge is 0.143 e. The molecule has 0 radical (unpaired) electrons. The van der Waals surface area contributed by atoms with Crippen LogP contribution in [0.5, 0.6) is 0 Å². The first-order chi connectivity index (χ1) is 24.3. The lowest BCUT2D eigenvalue weighted by molar-refractivity contribution is 0.673. The minimum Gasteiger partial charge on any atom is -0.455 e. The van der Waals surface area contributed by atoms with Crippen LogP contribution in [0.15, 0.2) is 174 Å². The van der Waals surface area contributed by atoms with Crippen molar-refractivity contribution in [2.75, 3.05) is 0 Å². The third-order valence-corrected chi connectivity index (χ3v) is 10.6. The van der Waals surface area contributed by atoms with Crippen molar-refractivity contribution >= 4 is 86.6 Å². The Morgan fingerprint density at radius 1 is 0.306 bits per heavy atom. The van der Waals surface area contributed by atoms with Crippen LogP contribution in [0, 0.1) is 0 Å². The molecule has 226 valence electrons. The van der Waals surface area contributed by atoms with Crippen molar-refractivity contribution in [1.29, 1.82) is 0 Å². The molecule has 0 unspecified atom stereocenters. The lowest BCUT2D eigenvalue weighted by Crippen LogP contribution is -1.92. The van der Waals surface area contributed by atoms with E-state index >= 15 is 0 Å². The quantitative estimate of drug-likeness (QED) is 0.138. The summed E-state index contributed by atoms with van der Waals surface area (Å²) in [5.41, 5.74) is 6.79. The maximum atomic E-state index is 6.84. The fourth-order valence-electron chi connectivity index (χ4n) is 8.55. The van der Waals surface area contributed by atoms with Crippen LogP contribution in [0.2, 0.25) is 0 Å². The van der Waals surface area contributed by atoms with E-state index in [4.69, 9.17) is 4.42 Å². The Hall–Kier alpha value is -6.44. The molecule has 1 heteroatoms. The summed E-state index contributed by atoms with van der Waals surface area (Å²) in [6.45, 7) is 0. The second kappa shape index (κ2) is 10.0. The van der Waals surface area contributed by atoms with Crippen LogP contribution in [0.4, 0.5) is 0 Å². The zero-order chi connectivity index (χ0) is 32.1. The summed E-state index contributed by atoms with van der Waals surface area (Å²) in [6, 6.07) is 62.0. The summed E-state index contributed by atoms with van der Waals surface area (Å²) in [5, 5.41) is 17.2. The normalized spacial score (nSPS) is 12.1. The molecular weight excluding hydrogens is 593 g/mol. The summed E-state index contributed by atoms with van der Waals surface area (Å²) in [6.07, 6.45) is 0. The highest BCUT2D eigenvalue weighted by Gasteiger charge is 2.21. The molecule has 0 atom stereocenters. The van der Waals surface area contributed by atoms with Gasteiger partial charge in [-0.25, -0.2) is 0 Å². The van der Waals surface area contributed by atoms with E-state index in [0.29, 0.717) is 0 Å². The van der Waals surface area contributed by atoms with Crippen molar-refractivity contribution in [1.82, 2.24) is 0 Å². The van der Waals surface area contributed by atoms with Crippen molar-refractivity contribution in [2.24, 2.45) is 0 Å². The molecule has 0 aliphatic carbocycles. The molecule has 0 amide bonds. The number of hydrogen-bond acceptors (Lipinski definition) is 1. The lowest BCUT2D eigenvalue weighted by Gasteiger charge is -2.19. The van der Waals surface area contributed by atoms with E-state index in [9.17, 15) is 0 Å². The van der Waals surface area contributed by atoms with Crippen LogP contribution in [0.1, 0.15) is 0 Å². The number of rotatable bonds is 2. The van der Waals surface area contributed by atoms with Gasteiger partial charge in [0, 0.05) is 16.2 Å². The molecule has 1 heterocycles. The largest absolute Gasteiger partial charge is 0.455 e. The standard InChI is InChI=1S/C48H28O/c1-2-14-31-29(13-1)27-43(35-18-4-3-15-32(31)35)46-39-22-10-8-20-37(39)45(38-21-9-11-23-40(38)46)30-25-26-42-44(28-30)49-48-41-24-12-6-17-34(41)33-16-5-7-19-36(33)47(42)48/h1-28H. The van der Waals surface area contributed by atoms with Crippen LogP contribution < -0.4 is 0 Å². The van der Waals surface area contributed by atoms with E-state index in [1.54, 1.807) is 0 Å². The highest BCUT2D eigenvalue weighted by molar-refractivity contribution is 6.31. The van der Waals surface area contributed by atoms with Gasteiger partial charge in [0.05, 0.1) is 0 Å². The highest BCUT2D eigenvalue weighted by Crippen LogP contribution is 2.48. The predicted octanol–water partition coefficient (Wildman–Crippen LogP) is 13.8. The van der Waals surface area contributed by atoms with Crippen LogP contribution in [-0.4, -0.2) is 0 Å². The average Bonchev–Trinajstić information content (AvgIpc) is 3.56. The van der Waals surface area contributed by atoms with Gasteiger partial charge in [0.15, 0.2) is 0 Å². The summed E-state index contributed by atoms with van der Waals surface area (Å²) in [7, 11) is 0. The van der Waals surface area contributed by atoms with Crippen molar-refractivity contribution in [3.8, 4) is 22.3 Å². The molecule has 11 rings (SSSR count). The molecule has 0 aliphatic heterocycles. The van der Waals surface area contributed by atoms with Gasteiger partial charge in [-0.1, -0.05) is 152 Å². The summed E-state index contributed by atoms with van der Waals surface area (Å²) < 4.78 is 6.84. The minimum absolute atomic E-state index is 0.909. The van der Waals surface area contributed by atoms with Crippen LogP contribution >= 0.6 is 0 Å². The Labute approximate surface area is 282 Å². The first-order valence-electron chi connectivity index (χ1n) is 16.9. The Morgan fingerprint density at radius 2 is 0.776 bits per heavy atom. The van der Waals surface area contributed by atoms with Crippen LogP contribution in [-0.2, 0) is 0 Å². The van der Waals surface area contributed by atoms with Crippen LogP contribution in [0.25, 0.3) is 109 Å². The Morgan fingerprint density at radius 3 is 1.43 bits per heavy atom. The summed E-state index contributed by atoms with van der Waals surface area (Å²) in [4.78, 5) is 0. The second-order valence-electron chi connectivity index (χ2n) is 13.1. The molecule has 11 aromatic rings. The van der Waals surface area contributed by atoms with Gasteiger partial charge >= 0.3 is 0 Å². The first-order valence-corrected chi connectivity index (χ1v) is 16.9. The second-order valence-corrected chi connectivity index (χ2v) is 13.1. The Kier molecular flexibility index (Phi) is 5.45. The van der Waals surface area contributed by atoms with Gasteiger partial charge in [0.25, 0.3) is 0 Å². The fraction of sp³-hybridized carbons (Fsp3) is 0. The predicted molar refractivity (Wildman–Crippen MR) is 210 cm³/mol. The highest BCUT2D eigenvalue weighted by atomic mass is 16.3. The molecule has 0 aliphatic rings. The lowest BCUT2D eigenvalue weighted by atomic mass is 9.83. The van der Waals surface area contributed by atoms with Gasteiger partial charge in [-0.3, -0.25) is 0 Å². The average molecular weight is 621 g/mol. The topological polar surface area (TPSA) is 13.1 Å². The van der Waals surface area contributed by atoms with Crippen molar-refractivity contribution in [2.45, 2.75) is 0 Å². The van der Waals surface area contributed by atoms with E-state index in [-0.39, 0.29) is 0 Å². The van der Waals surface area contributed by atoms with E-state index in [0.717, 1.165) is 27.5 Å². The first kappa shape index (κ1) is 26.6. The van der Waals surface area contributed by atoms with Gasteiger partial charge in [-0.05, 0) is 99.7 Å². The van der Waals surface area contributed by atoms with Gasteiger partial charge in [0.1, 0.15) is 11.2 Å². The number of hydrogen-bond donors (Lipinski definition) is 0. The Bertz CT molecular complexity index is 3100. The third kappa shape index (κ3) is 3.70. The van der Waals surface area contributed by atoms with E-state index < -0.39 is 0 Å². The number of fused-ring (bicyclic) bond motifs is 13. The van der Waals surface area contributed by atoms with Gasteiger partial charge in [0.2, 0.25) is 0 Å². The van der Waals surface area contributed by atoms with Crippen LogP contribution in [0.3, 0.4) is 0 Å². The molecule has 1 aromatic heterocycles. The molecule has 0 N–H and O–H groups in total. The molecule has 10 aromatic carbocycles. The van der Waals surface area contributed by atoms with Gasteiger partial charge in [-0.15, -0.1) is 0 Å². The minimum atomic E-state index is 0.909. The Balaban J connectivity index is 1.24. The van der Waals surface area contributed by atoms with Crippen molar-refractivity contribution in [3.63, 3.8) is 0 Å². The number of furan rings is 1. The van der Waals surface area contributed by atoms with E-state index in [1.165, 1.54) is 81.3 Å². The number of benzene rings is 10. The maximum Gasteiger partial charge on any atom is 0.143 e. The molecule has 49 heavy (non-hydrogen) atoms. The molecule has 0 bridgehead atoms. The monoisotopic (exact) mass is 620 g/mol. The van der Waals surface area contributed by atoms with Crippen molar-refractivity contribution < 1.29 is 4.42 Å². The van der Waals surface area contributed by atoms with Crippen molar-refractivity contribution in [3.05, 3.63) is 170 Å². The van der Waals surface area contributed by atoms with E-state index in [2.05, 4.69) is 170 Å². The fourth-order valence-corrected chi connectivity index (χ4v) is 8.55. The molecule has 1 nitrogen and oxygen atoms in total.